The predicted octanol–water partition coefficient (Wildman–Crippen LogP) is 3.70. The molecule has 3 heteroatoms. The Balaban J connectivity index is 1.93. The lowest BCUT2D eigenvalue weighted by Crippen LogP contribution is -1.95. The van der Waals surface area contributed by atoms with E-state index in [-0.39, 0.29) is 0 Å². The first kappa shape index (κ1) is 12.8. The average molecular weight is 243 g/mol. The highest BCUT2D eigenvalue weighted by Gasteiger charge is 1.99. The van der Waals surface area contributed by atoms with Crippen molar-refractivity contribution in [3.63, 3.8) is 0 Å². The molecule has 0 aliphatic heterocycles. The van der Waals surface area contributed by atoms with Crippen molar-refractivity contribution in [2.75, 3.05) is 0 Å². The molecule has 1 heterocycles. The molecule has 0 bridgehead atoms. The van der Waals surface area contributed by atoms with Crippen LogP contribution in [-0.2, 0) is 6.42 Å². The number of benzene rings is 1. The van der Waals surface area contributed by atoms with Gasteiger partial charge in [-0.2, -0.15) is 0 Å². The zero-order valence-electron chi connectivity index (χ0n) is 11.3. The highest BCUT2D eigenvalue weighted by molar-refractivity contribution is 5.33. The third-order valence-electron chi connectivity index (χ3n) is 3.13. The van der Waals surface area contributed by atoms with Crippen molar-refractivity contribution in [3.8, 4) is 5.69 Å². The van der Waals surface area contributed by atoms with E-state index in [1.165, 1.54) is 37.7 Å². The molecule has 0 spiro atoms. The van der Waals surface area contributed by atoms with Gasteiger partial charge < -0.3 is 0 Å². The summed E-state index contributed by atoms with van der Waals surface area (Å²) in [7, 11) is 0. The molecule has 0 saturated carbocycles. The van der Waals surface area contributed by atoms with Crippen LogP contribution in [0.15, 0.2) is 30.5 Å². The molecule has 0 atom stereocenters. The lowest BCUT2D eigenvalue weighted by Gasteiger charge is -2.03. The molecule has 0 amide bonds. The largest absolute Gasteiger partial charge is 0.220 e. The second-order valence-corrected chi connectivity index (χ2v) is 4.78. The molecule has 18 heavy (non-hydrogen) atoms. The maximum Gasteiger partial charge on any atom is 0.0800 e. The molecule has 0 aliphatic carbocycles. The average Bonchev–Trinajstić information content (AvgIpc) is 2.82. The van der Waals surface area contributed by atoms with E-state index in [1.807, 2.05) is 17.8 Å². The molecule has 0 fully saturated rings. The SMILES string of the molecule is CCCCCCc1ccc(-n2cc(C)nn2)cc1. The van der Waals surface area contributed by atoms with Gasteiger partial charge in [0.2, 0.25) is 0 Å². The lowest BCUT2D eigenvalue weighted by atomic mass is 10.1. The van der Waals surface area contributed by atoms with Gasteiger partial charge in [-0.25, -0.2) is 4.68 Å². The van der Waals surface area contributed by atoms with E-state index in [2.05, 4.69) is 41.5 Å². The van der Waals surface area contributed by atoms with Crippen LogP contribution in [0, 0.1) is 6.92 Å². The number of hydrogen-bond donors (Lipinski definition) is 0. The maximum atomic E-state index is 4.07. The van der Waals surface area contributed by atoms with Gasteiger partial charge in [0.25, 0.3) is 0 Å². The van der Waals surface area contributed by atoms with Crippen LogP contribution in [0.25, 0.3) is 5.69 Å². The topological polar surface area (TPSA) is 30.7 Å². The van der Waals surface area contributed by atoms with E-state index in [0.717, 1.165) is 11.4 Å². The Kier molecular flexibility index (Phi) is 4.51. The summed E-state index contributed by atoms with van der Waals surface area (Å²) < 4.78 is 1.82. The van der Waals surface area contributed by atoms with E-state index in [9.17, 15) is 0 Å². The Morgan fingerprint density at radius 1 is 1.06 bits per heavy atom. The summed E-state index contributed by atoms with van der Waals surface area (Å²) in [6.45, 7) is 4.19. The minimum atomic E-state index is 0.943. The van der Waals surface area contributed by atoms with Gasteiger partial charge in [-0.15, -0.1) is 5.10 Å². The molecule has 0 radical (unpaired) electrons. The number of aromatic nitrogens is 3. The van der Waals surface area contributed by atoms with Gasteiger partial charge in [0.05, 0.1) is 17.6 Å². The highest BCUT2D eigenvalue weighted by Crippen LogP contribution is 2.12. The van der Waals surface area contributed by atoms with Crippen LogP contribution in [0.5, 0.6) is 0 Å². The molecule has 0 unspecified atom stereocenters. The van der Waals surface area contributed by atoms with Gasteiger partial charge in [-0.05, 0) is 37.5 Å². The van der Waals surface area contributed by atoms with Gasteiger partial charge in [-0.1, -0.05) is 43.5 Å². The summed E-state index contributed by atoms with van der Waals surface area (Å²) in [5, 5.41) is 8.07. The Hall–Kier alpha value is -1.64. The molecule has 1 aromatic carbocycles. The van der Waals surface area contributed by atoms with Gasteiger partial charge in [-0.3, -0.25) is 0 Å². The summed E-state index contributed by atoms with van der Waals surface area (Å²) in [6, 6.07) is 8.61. The number of unbranched alkanes of at least 4 members (excludes halogenated alkanes) is 3. The standard InChI is InChI=1S/C15H21N3/c1-3-4-5-6-7-14-8-10-15(11-9-14)18-12-13(2)16-17-18/h8-12H,3-7H2,1-2H3. The van der Waals surface area contributed by atoms with Crippen LogP contribution in [0.4, 0.5) is 0 Å². The van der Waals surface area contributed by atoms with Crippen molar-refractivity contribution in [1.29, 1.82) is 0 Å². The van der Waals surface area contributed by atoms with Crippen molar-refractivity contribution in [2.24, 2.45) is 0 Å². The van der Waals surface area contributed by atoms with Crippen LogP contribution in [0.2, 0.25) is 0 Å². The third-order valence-corrected chi connectivity index (χ3v) is 3.13. The minimum Gasteiger partial charge on any atom is -0.220 e. The van der Waals surface area contributed by atoms with Gasteiger partial charge in [0.1, 0.15) is 0 Å². The second-order valence-electron chi connectivity index (χ2n) is 4.78. The zero-order chi connectivity index (χ0) is 12.8. The molecule has 0 saturated heterocycles. The molecular formula is C15H21N3. The zero-order valence-corrected chi connectivity index (χ0v) is 11.3. The third kappa shape index (κ3) is 3.42. The number of rotatable bonds is 6. The Bertz CT molecular complexity index is 471. The number of aryl methyl sites for hydroxylation is 2. The Labute approximate surface area is 109 Å². The molecular weight excluding hydrogens is 222 g/mol. The summed E-state index contributed by atoms with van der Waals surface area (Å²) >= 11 is 0. The predicted molar refractivity (Wildman–Crippen MR) is 73.9 cm³/mol. The van der Waals surface area contributed by atoms with Crippen LogP contribution >= 0.6 is 0 Å². The fourth-order valence-electron chi connectivity index (χ4n) is 2.04. The van der Waals surface area contributed by atoms with E-state index in [1.54, 1.807) is 0 Å². The number of hydrogen-bond acceptors (Lipinski definition) is 2. The van der Waals surface area contributed by atoms with Crippen LogP contribution in [0.3, 0.4) is 0 Å². The quantitative estimate of drug-likeness (QED) is 0.724. The normalized spacial score (nSPS) is 10.8. The van der Waals surface area contributed by atoms with Crippen LogP contribution in [0.1, 0.15) is 43.9 Å². The highest BCUT2D eigenvalue weighted by atomic mass is 15.4. The molecule has 3 nitrogen and oxygen atoms in total. The summed E-state index contributed by atoms with van der Waals surface area (Å²) in [4.78, 5) is 0. The van der Waals surface area contributed by atoms with Gasteiger partial charge in [0.15, 0.2) is 0 Å². The monoisotopic (exact) mass is 243 g/mol. The van der Waals surface area contributed by atoms with Crippen LogP contribution in [-0.4, -0.2) is 15.0 Å². The van der Waals surface area contributed by atoms with Crippen LogP contribution < -0.4 is 0 Å². The first-order chi connectivity index (χ1) is 8.79. The van der Waals surface area contributed by atoms with Crippen molar-refractivity contribution in [1.82, 2.24) is 15.0 Å². The van der Waals surface area contributed by atoms with Gasteiger partial charge >= 0.3 is 0 Å². The molecule has 0 aliphatic rings. The fraction of sp³-hybridized carbons (Fsp3) is 0.467. The molecule has 96 valence electrons. The van der Waals surface area contributed by atoms with E-state index in [0.29, 0.717) is 0 Å². The summed E-state index contributed by atoms with van der Waals surface area (Å²) in [6.07, 6.45) is 8.38. The Morgan fingerprint density at radius 2 is 1.83 bits per heavy atom. The first-order valence-corrected chi connectivity index (χ1v) is 6.78. The Morgan fingerprint density at radius 3 is 2.44 bits per heavy atom. The van der Waals surface area contributed by atoms with Crippen molar-refractivity contribution in [2.45, 2.75) is 46.0 Å². The van der Waals surface area contributed by atoms with E-state index < -0.39 is 0 Å². The first-order valence-electron chi connectivity index (χ1n) is 6.78. The molecule has 1 aromatic heterocycles. The van der Waals surface area contributed by atoms with Crippen molar-refractivity contribution < 1.29 is 0 Å². The van der Waals surface area contributed by atoms with E-state index >= 15 is 0 Å². The molecule has 2 rings (SSSR count). The molecule has 0 N–H and O–H groups in total. The summed E-state index contributed by atoms with van der Waals surface area (Å²) in [5.74, 6) is 0. The van der Waals surface area contributed by atoms with Crippen molar-refractivity contribution >= 4 is 0 Å². The second kappa shape index (κ2) is 6.34. The number of nitrogens with zero attached hydrogens (tertiary/aromatic N) is 3. The summed E-state index contributed by atoms with van der Waals surface area (Å²) in [5.41, 5.74) is 3.43. The lowest BCUT2D eigenvalue weighted by molar-refractivity contribution is 0.666. The minimum absolute atomic E-state index is 0.943. The fourth-order valence-corrected chi connectivity index (χ4v) is 2.04. The van der Waals surface area contributed by atoms with Gasteiger partial charge in [0, 0.05) is 0 Å². The van der Waals surface area contributed by atoms with E-state index in [4.69, 9.17) is 0 Å². The smallest absolute Gasteiger partial charge is 0.0800 e. The molecule has 2 aromatic rings. The maximum absolute atomic E-state index is 4.07. The van der Waals surface area contributed by atoms with Crippen molar-refractivity contribution in [3.05, 3.63) is 41.7 Å².